The minimum atomic E-state index is -0.534. The van der Waals surface area contributed by atoms with E-state index in [1.54, 1.807) is 12.1 Å². The molecule has 0 saturated carbocycles. The van der Waals surface area contributed by atoms with Crippen molar-refractivity contribution in [3.05, 3.63) is 52.3 Å². The van der Waals surface area contributed by atoms with Crippen LogP contribution in [0.1, 0.15) is 15.9 Å². The number of oxazole rings is 1. The summed E-state index contributed by atoms with van der Waals surface area (Å²) in [6, 6.07) is 4.79. The van der Waals surface area contributed by atoms with Crippen molar-refractivity contribution in [1.29, 1.82) is 0 Å². The quantitative estimate of drug-likeness (QED) is 0.643. The van der Waals surface area contributed by atoms with Crippen LogP contribution < -0.4 is 5.76 Å². The topological polar surface area (TPSA) is 91.8 Å². The maximum absolute atomic E-state index is 12.0. The summed E-state index contributed by atoms with van der Waals surface area (Å²) in [6.45, 7) is 0. The largest absolute Gasteiger partial charge is 0.417 e. The Morgan fingerprint density at radius 1 is 1.29 bits per heavy atom. The summed E-state index contributed by atoms with van der Waals surface area (Å²) in [5.74, 6) is -0.711. The highest BCUT2D eigenvalue weighted by molar-refractivity contribution is 6.09. The van der Waals surface area contributed by atoms with E-state index in [9.17, 15) is 9.59 Å². The lowest BCUT2D eigenvalue weighted by atomic mass is 10.1. The molecule has 2 aromatic heterocycles. The number of fused-ring (bicyclic) bond motifs is 1. The van der Waals surface area contributed by atoms with Gasteiger partial charge in [0, 0.05) is 11.8 Å². The summed E-state index contributed by atoms with van der Waals surface area (Å²) in [4.78, 5) is 25.5. The maximum atomic E-state index is 12.0. The molecule has 0 aliphatic heterocycles. The Kier molecular flexibility index (Phi) is 1.94. The first-order valence-corrected chi connectivity index (χ1v) is 4.90. The molecule has 3 rings (SSSR count). The summed E-state index contributed by atoms with van der Waals surface area (Å²) in [7, 11) is 0. The molecule has 6 nitrogen and oxygen atoms in total. The lowest BCUT2D eigenvalue weighted by Crippen LogP contribution is -1.99. The molecule has 17 heavy (non-hydrogen) atoms. The van der Waals surface area contributed by atoms with Crippen molar-refractivity contribution in [2.45, 2.75) is 0 Å². The third kappa shape index (κ3) is 1.55. The van der Waals surface area contributed by atoms with E-state index in [0.717, 1.165) is 0 Å². The van der Waals surface area contributed by atoms with Crippen LogP contribution in [0.25, 0.3) is 11.1 Å². The molecule has 0 aliphatic carbocycles. The van der Waals surface area contributed by atoms with Crippen molar-refractivity contribution in [1.82, 2.24) is 15.2 Å². The predicted molar refractivity (Wildman–Crippen MR) is 58.9 cm³/mol. The first-order chi connectivity index (χ1) is 8.24. The van der Waals surface area contributed by atoms with E-state index in [1.165, 1.54) is 18.5 Å². The fourth-order valence-electron chi connectivity index (χ4n) is 1.63. The van der Waals surface area contributed by atoms with Crippen LogP contribution in [0, 0.1) is 0 Å². The number of hydrogen-bond acceptors (Lipinski definition) is 4. The molecule has 0 fully saturated rings. The number of hydrogen-bond donors (Lipinski definition) is 2. The molecule has 0 unspecified atom stereocenters. The molecule has 84 valence electrons. The molecule has 0 spiro atoms. The van der Waals surface area contributed by atoms with Gasteiger partial charge in [-0.15, -0.1) is 0 Å². The molecular weight excluding hydrogens is 222 g/mol. The van der Waals surface area contributed by atoms with E-state index >= 15 is 0 Å². The fraction of sp³-hybridized carbons (Fsp3) is 0. The zero-order chi connectivity index (χ0) is 11.8. The van der Waals surface area contributed by atoms with Gasteiger partial charge in [-0.2, -0.15) is 5.10 Å². The smallest absolute Gasteiger partial charge is 0.408 e. The SMILES string of the molecule is O=C(c1cn[nH]c1)c1ccc2[nH]c(=O)oc2c1. The Balaban J connectivity index is 2.12. The summed E-state index contributed by atoms with van der Waals surface area (Å²) < 4.78 is 4.89. The molecule has 0 saturated heterocycles. The molecule has 2 heterocycles. The molecule has 2 N–H and O–H groups in total. The van der Waals surface area contributed by atoms with Crippen LogP contribution in [0.3, 0.4) is 0 Å². The van der Waals surface area contributed by atoms with Crippen LogP contribution in [0.4, 0.5) is 0 Å². The van der Waals surface area contributed by atoms with Gasteiger partial charge in [-0.25, -0.2) is 4.79 Å². The van der Waals surface area contributed by atoms with Gasteiger partial charge in [-0.05, 0) is 18.2 Å². The average molecular weight is 229 g/mol. The van der Waals surface area contributed by atoms with Crippen LogP contribution in [0.2, 0.25) is 0 Å². The van der Waals surface area contributed by atoms with Gasteiger partial charge in [0.1, 0.15) is 0 Å². The second kappa shape index (κ2) is 3.44. The van der Waals surface area contributed by atoms with Gasteiger partial charge in [-0.1, -0.05) is 0 Å². The third-order valence-corrected chi connectivity index (χ3v) is 2.44. The van der Waals surface area contributed by atoms with Crippen molar-refractivity contribution >= 4 is 16.9 Å². The summed E-state index contributed by atoms with van der Waals surface area (Å²) in [6.07, 6.45) is 2.96. The highest BCUT2D eigenvalue weighted by Gasteiger charge is 2.12. The number of ketones is 1. The van der Waals surface area contributed by atoms with Crippen LogP contribution >= 0.6 is 0 Å². The number of nitrogens with one attached hydrogen (secondary N) is 2. The monoisotopic (exact) mass is 229 g/mol. The zero-order valence-electron chi connectivity index (χ0n) is 8.56. The van der Waals surface area contributed by atoms with Gasteiger partial charge < -0.3 is 4.42 Å². The Morgan fingerprint density at radius 2 is 2.18 bits per heavy atom. The van der Waals surface area contributed by atoms with E-state index in [-0.39, 0.29) is 5.78 Å². The third-order valence-electron chi connectivity index (χ3n) is 2.44. The second-order valence-corrected chi connectivity index (χ2v) is 3.54. The number of aromatic nitrogens is 3. The van der Waals surface area contributed by atoms with E-state index in [0.29, 0.717) is 22.2 Å². The number of H-pyrrole nitrogens is 2. The number of carbonyl (C=O) groups is 1. The average Bonchev–Trinajstić information content (AvgIpc) is 2.94. The van der Waals surface area contributed by atoms with Crippen LogP contribution in [-0.2, 0) is 0 Å². The van der Waals surface area contributed by atoms with E-state index < -0.39 is 5.76 Å². The Hall–Kier alpha value is -2.63. The molecule has 3 aromatic rings. The molecule has 0 radical (unpaired) electrons. The van der Waals surface area contributed by atoms with Crippen molar-refractivity contribution < 1.29 is 9.21 Å². The van der Waals surface area contributed by atoms with Crippen molar-refractivity contribution in [3.8, 4) is 0 Å². The molecule has 0 bridgehead atoms. The number of carbonyl (C=O) groups excluding carboxylic acids is 1. The van der Waals surface area contributed by atoms with E-state index in [1.807, 2.05) is 0 Å². The molecule has 0 amide bonds. The lowest BCUT2D eigenvalue weighted by molar-refractivity contribution is 0.103. The van der Waals surface area contributed by atoms with Crippen molar-refractivity contribution in [3.63, 3.8) is 0 Å². The summed E-state index contributed by atoms with van der Waals surface area (Å²) >= 11 is 0. The van der Waals surface area contributed by atoms with Gasteiger partial charge in [0.2, 0.25) is 0 Å². The Bertz CT molecular complexity index is 737. The standard InChI is InChI=1S/C11H7N3O3/c15-10(7-4-12-13-5-7)6-1-2-8-9(3-6)17-11(16)14-8/h1-5H,(H,12,13)(H,14,16). The molecule has 1 aromatic carbocycles. The Morgan fingerprint density at radius 3 is 2.94 bits per heavy atom. The van der Waals surface area contributed by atoms with Crippen molar-refractivity contribution in [2.24, 2.45) is 0 Å². The fourth-order valence-corrected chi connectivity index (χ4v) is 1.63. The molecular formula is C11H7N3O3. The van der Waals surface area contributed by atoms with Crippen molar-refractivity contribution in [2.75, 3.05) is 0 Å². The second-order valence-electron chi connectivity index (χ2n) is 3.54. The normalized spacial score (nSPS) is 10.8. The van der Waals surface area contributed by atoms with Gasteiger partial charge >= 0.3 is 5.76 Å². The summed E-state index contributed by atoms with van der Waals surface area (Å²) in [5.41, 5.74) is 1.84. The molecule has 0 aliphatic rings. The minimum absolute atomic E-state index is 0.176. The summed E-state index contributed by atoms with van der Waals surface area (Å²) in [5, 5.41) is 6.28. The van der Waals surface area contributed by atoms with Crippen LogP contribution in [-0.4, -0.2) is 21.0 Å². The minimum Gasteiger partial charge on any atom is -0.408 e. The number of benzene rings is 1. The maximum Gasteiger partial charge on any atom is 0.417 e. The predicted octanol–water partition coefficient (Wildman–Crippen LogP) is 1.08. The first kappa shape index (κ1) is 9.59. The van der Waals surface area contributed by atoms with E-state index in [2.05, 4.69) is 15.2 Å². The highest BCUT2D eigenvalue weighted by atomic mass is 16.4. The number of rotatable bonds is 2. The van der Waals surface area contributed by atoms with Gasteiger partial charge in [0.25, 0.3) is 0 Å². The van der Waals surface area contributed by atoms with Gasteiger partial charge in [-0.3, -0.25) is 14.9 Å². The van der Waals surface area contributed by atoms with Gasteiger partial charge in [0.05, 0.1) is 17.3 Å². The molecule has 6 heteroatoms. The lowest BCUT2D eigenvalue weighted by Gasteiger charge is -1.96. The Labute approximate surface area is 94.3 Å². The van der Waals surface area contributed by atoms with Gasteiger partial charge in [0.15, 0.2) is 11.4 Å². The molecule has 0 atom stereocenters. The zero-order valence-corrected chi connectivity index (χ0v) is 8.56. The van der Waals surface area contributed by atoms with E-state index in [4.69, 9.17) is 4.42 Å². The number of aromatic amines is 2. The number of nitrogens with zero attached hydrogens (tertiary/aromatic N) is 1. The first-order valence-electron chi connectivity index (χ1n) is 4.90. The van der Waals surface area contributed by atoms with Crippen LogP contribution in [0.15, 0.2) is 39.8 Å². The highest BCUT2D eigenvalue weighted by Crippen LogP contribution is 2.15. The van der Waals surface area contributed by atoms with Crippen LogP contribution in [0.5, 0.6) is 0 Å².